The van der Waals surface area contributed by atoms with Crippen molar-refractivity contribution >= 4 is 71.0 Å². The summed E-state index contributed by atoms with van der Waals surface area (Å²) in [5, 5.41) is 26.6. The number of rotatable bonds is 6. The largest absolute Gasteiger partial charge is 0.310 e. The molecule has 4 nitrogen and oxygen atoms in total. The van der Waals surface area contributed by atoms with Gasteiger partial charge in [-0.3, -0.25) is 0 Å². The molecule has 0 aromatic heterocycles. The summed E-state index contributed by atoms with van der Waals surface area (Å²) in [5.41, 5.74) is 13.0. The van der Waals surface area contributed by atoms with E-state index in [1.807, 2.05) is 0 Å². The first-order valence-corrected chi connectivity index (χ1v) is 26.9. The van der Waals surface area contributed by atoms with Crippen LogP contribution in [0.25, 0.3) is 0 Å². The molecule has 0 amide bonds. The van der Waals surface area contributed by atoms with E-state index >= 15 is 0 Å². The highest BCUT2D eigenvalue weighted by atomic mass is 28.3. The first kappa shape index (κ1) is 39.0. The van der Waals surface area contributed by atoms with Crippen molar-refractivity contribution in [3.05, 3.63) is 191 Å². The van der Waals surface area contributed by atoms with Gasteiger partial charge in [0.05, 0.1) is 46.0 Å². The lowest BCUT2D eigenvalue weighted by atomic mass is 9.73. The fourth-order valence-electron chi connectivity index (χ4n) is 10.4. The Morgan fingerprint density at radius 1 is 0.367 bits per heavy atom. The molecule has 2 aliphatic rings. The molecule has 7 aromatic carbocycles. The molecule has 0 radical (unpaired) electrons. The number of fused-ring (bicyclic) bond motifs is 4. The number of nitrogens with zero attached hydrogens (tertiary/aromatic N) is 4. The Bertz CT molecular complexity index is 2650. The van der Waals surface area contributed by atoms with Crippen LogP contribution < -0.4 is 30.5 Å². The molecule has 6 heteroatoms. The van der Waals surface area contributed by atoms with E-state index < -0.39 is 16.1 Å². The Labute approximate surface area is 357 Å². The Morgan fingerprint density at radius 2 is 0.617 bits per heavy atom. The Kier molecular flexibility index (Phi) is 9.17. The predicted octanol–water partition coefficient (Wildman–Crippen LogP) is 11.3. The van der Waals surface area contributed by atoms with E-state index in [9.17, 15) is 10.5 Å². The van der Waals surface area contributed by atoms with E-state index in [1.165, 1.54) is 55.4 Å². The molecule has 0 atom stereocenters. The molecule has 9 rings (SSSR count). The minimum absolute atomic E-state index is 0.177. The summed E-state index contributed by atoms with van der Waals surface area (Å²) >= 11 is 0. The van der Waals surface area contributed by atoms with Crippen LogP contribution in [0, 0.1) is 22.7 Å². The van der Waals surface area contributed by atoms with Crippen molar-refractivity contribution in [1.29, 1.82) is 10.5 Å². The summed E-state index contributed by atoms with van der Waals surface area (Å²) in [6.45, 7) is 18.6. The first-order valence-electron chi connectivity index (χ1n) is 20.9. The van der Waals surface area contributed by atoms with E-state index in [0.717, 1.165) is 21.7 Å². The molecular weight excluding hydrogens is 761 g/mol. The zero-order valence-electron chi connectivity index (χ0n) is 35.8. The Hall–Kier alpha value is -6.45. The highest BCUT2D eigenvalue weighted by Gasteiger charge is 2.42. The van der Waals surface area contributed by atoms with Gasteiger partial charge in [0.1, 0.15) is 16.1 Å². The topological polar surface area (TPSA) is 54.1 Å². The summed E-state index contributed by atoms with van der Waals surface area (Å²) in [6, 6.07) is 61.9. The Balaban J connectivity index is 1.19. The van der Waals surface area contributed by atoms with E-state index in [0.29, 0.717) is 11.1 Å². The van der Waals surface area contributed by atoms with Gasteiger partial charge in [0.2, 0.25) is 0 Å². The standard InChI is InChI=1S/C54H50N4Si2/c1-53(2)39-21-9-13-25-43(39)57(44-26-14-10-22-40(44)53)47-29-17-19-31-49(47)59(5,6)51-33-38(36-56)52(34-37(51)35-55)60(7,8)50-32-20-18-30-48(50)58-45-27-15-11-23-41(45)54(3,4)42-24-12-16-28-46(42)58/h9-34H,1-8H3. The maximum Gasteiger partial charge on any atom is 0.116 e. The van der Waals surface area contributed by atoms with Crippen LogP contribution in [-0.4, -0.2) is 16.1 Å². The van der Waals surface area contributed by atoms with Crippen LogP contribution in [-0.2, 0) is 10.8 Å². The second kappa shape index (κ2) is 14.1. The van der Waals surface area contributed by atoms with Crippen molar-refractivity contribution in [3.63, 3.8) is 0 Å². The van der Waals surface area contributed by atoms with Gasteiger partial charge in [-0.25, -0.2) is 0 Å². The molecule has 0 bridgehead atoms. The van der Waals surface area contributed by atoms with Gasteiger partial charge in [-0.05, 0) is 91.5 Å². The summed E-state index contributed by atoms with van der Waals surface area (Å²) < 4.78 is 0. The van der Waals surface area contributed by atoms with Crippen molar-refractivity contribution in [2.45, 2.75) is 64.7 Å². The van der Waals surface area contributed by atoms with Gasteiger partial charge in [-0.1, -0.05) is 163 Å². The second-order valence-electron chi connectivity index (χ2n) is 18.4. The lowest BCUT2D eigenvalue weighted by molar-refractivity contribution is 0.632. The van der Waals surface area contributed by atoms with Crippen LogP contribution in [0.15, 0.2) is 158 Å². The maximum atomic E-state index is 11.1. The minimum Gasteiger partial charge on any atom is -0.310 e. The Morgan fingerprint density at radius 3 is 0.900 bits per heavy atom. The van der Waals surface area contributed by atoms with E-state index in [-0.39, 0.29) is 10.8 Å². The highest BCUT2D eigenvalue weighted by molar-refractivity contribution is 7.03. The fourth-order valence-corrected chi connectivity index (χ4v) is 16.3. The number of para-hydroxylation sites is 6. The normalized spacial score (nSPS) is 14.8. The predicted molar refractivity (Wildman–Crippen MR) is 256 cm³/mol. The smallest absolute Gasteiger partial charge is 0.116 e. The van der Waals surface area contributed by atoms with Crippen LogP contribution in [0.1, 0.15) is 61.1 Å². The van der Waals surface area contributed by atoms with Gasteiger partial charge in [-0.15, -0.1) is 0 Å². The number of hydrogen-bond acceptors (Lipinski definition) is 4. The molecule has 0 aliphatic carbocycles. The first-order chi connectivity index (χ1) is 28.7. The molecule has 60 heavy (non-hydrogen) atoms. The molecule has 0 fully saturated rings. The van der Waals surface area contributed by atoms with Gasteiger partial charge in [0.15, 0.2) is 0 Å². The quantitative estimate of drug-likeness (QED) is 0.157. The molecule has 0 N–H and O–H groups in total. The SMILES string of the molecule is CC1(C)c2ccccc2N(c2ccccc2[Si](C)(C)c2cc(C#N)c([Si](C)(C)c3ccccc3N3c4ccccc4C(C)(C)c4ccccc43)cc2C#N)c2ccccc21. The van der Waals surface area contributed by atoms with E-state index in [1.54, 1.807) is 0 Å². The van der Waals surface area contributed by atoms with E-state index in [2.05, 4.69) is 234 Å². The molecule has 2 heterocycles. The lowest BCUT2D eigenvalue weighted by Gasteiger charge is -2.43. The van der Waals surface area contributed by atoms with E-state index in [4.69, 9.17) is 0 Å². The zero-order valence-corrected chi connectivity index (χ0v) is 37.8. The average Bonchev–Trinajstić information content (AvgIpc) is 3.26. The van der Waals surface area contributed by atoms with Crippen LogP contribution in [0.2, 0.25) is 26.2 Å². The molecule has 0 unspecified atom stereocenters. The van der Waals surface area contributed by atoms with Gasteiger partial charge in [0.25, 0.3) is 0 Å². The number of nitriles is 2. The number of benzene rings is 7. The van der Waals surface area contributed by atoms with Crippen molar-refractivity contribution in [2.75, 3.05) is 9.80 Å². The fraction of sp³-hybridized carbons (Fsp3) is 0.185. The maximum absolute atomic E-state index is 11.1. The van der Waals surface area contributed by atoms with Gasteiger partial charge >= 0.3 is 0 Å². The lowest BCUT2D eigenvalue weighted by Crippen LogP contribution is -2.59. The van der Waals surface area contributed by atoms with Gasteiger partial charge in [-0.2, -0.15) is 10.5 Å². The summed E-state index contributed by atoms with van der Waals surface area (Å²) in [4.78, 5) is 4.85. The minimum atomic E-state index is -2.68. The highest BCUT2D eigenvalue weighted by Crippen LogP contribution is 2.53. The van der Waals surface area contributed by atoms with Crippen LogP contribution >= 0.6 is 0 Å². The summed E-state index contributed by atoms with van der Waals surface area (Å²) in [6.07, 6.45) is 0. The molecule has 0 saturated heterocycles. The van der Waals surface area contributed by atoms with Crippen LogP contribution in [0.3, 0.4) is 0 Å². The summed E-state index contributed by atoms with van der Waals surface area (Å²) in [5.74, 6) is 0. The van der Waals surface area contributed by atoms with Gasteiger partial charge in [0, 0.05) is 22.2 Å². The summed E-state index contributed by atoms with van der Waals surface area (Å²) in [7, 11) is -5.35. The molecule has 0 saturated carbocycles. The zero-order chi connectivity index (χ0) is 42.2. The van der Waals surface area contributed by atoms with Crippen molar-refractivity contribution < 1.29 is 0 Å². The number of hydrogen-bond donors (Lipinski definition) is 0. The molecule has 2 aliphatic heterocycles. The molecular formula is C54H50N4Si2. The third-order valence-electron chi connectivity index (χ3n) is 13.7. The van der Waals surface area contributed by atoms with Crippen LogP contribution in [0.5, 0.6) is 0 Å². The molecule has 294 valence electrons. The third kappa shape index (κ3) is 5.74. The average molecular weight is 811 g/mol. The van der Waals surface area contributed by atoms with Crippen LogP contribution in [0.4, 0.5) is 34.1 Å². The van der Waals surface area contributed by atoms with Gasteiger partial charge < -0.3 is 9.80 Å². The molecule has 7 aromatic rings. The monoisotopic (exact) mass is 810 g/mol. The number of anilines is 6. The molecule has 0 spiro atoms. The third-order valence-corrected chi connectivity index (χ3v) is 20.7. The van der Waals surface area contributed by atoms with Crippen molar-refractivity contribution in [1.82, 2.24) is 0 Å². The van der Waals surface area contributed by atoms with Crippen molar-refractivity contribution in [3.8, 4) is 12.1 Å². The second-order valence-corrected chi connectivity index (χ2v) is 27.1. The van der Waals surface area contributed by atoms with Crippen molar-refractivity contribution in [2.24, 2.45) is 0 Å².